The summed E-state index contributed by atoms with van der Waals surface area (Å²) < 4.78 is 2.21. The van der Waals surface area contributed by atoms with E-state index in [2.05, 4.69) is 25.3 Å². The second-order valence-electron chi connectivity index (χ2n) is 12.9. The molecule has 1 aromatic heterocycles. The van der Waals surface area contributed by atoms with Crippen LogP contribution in [0.2, 0.25) is 0 Å². The van der Waals surface area contributed by atoms with Crippen LogP contribution < -0.4 is 0 Å². The number of thioether (sulfide) groups is 1. The van der Waals surface area contributed by atoms with Crippen LogP contribution in [0.25, 0.3) is 22.2 Å². The minimum absolute atomic E-state index is 0.0522. The Hall–Kier alpha value is -3.91. The zero-order chi connectivity index (χ0) is 32.8. The van der Waals surface area contributed by atoms with E-state index in [1.807, 2.05) is 60.4 Å². The summed E-state index contributed by atoms with van der Waals surface area (Å²) in [6.07, 6.45) is 6.77. The molecule has 1 N–H and O–H groups in total. The lowest BCUT2D eigenvalue weighted by atomic mass is 9.98. The van der Waals surface area contributed by atoms with Crippen molar-refractivity contribution in [3.8, 4) is 11.1 Å². The van der Waals surface area contributed by atoms with Crippen molar-refractivity contribution >= 4 is 39.8 Å². The van der Waals surface area contributed by atoms with Crippen LogP contribution in [0.15, 0.2) is 60.7 Å². The van der Waals surface area contributed by atoms with E-state index in [4.69, 9.17) is 4.98 Å². The first kappa shape index (κ1) is 33.5. The Labute approximate surface area is 276 Å². The van der Waals surface area contributed by atoms with Crippen molar-refractivity contribution in [1.82, 2.24) is 14.5 Å². The molecular weight excluding hydrogens is 595 g/mol. The highest BCUT2D eigenvalue weighted by atomic mass is 32.2. The third-order valence-corrected chi connectivity index (χ3v) is 9.98. The molecule has 0 spiro atoms. The van der Waals surface area contributed by atoms with Gasteiger partial charge in [0.1, 0.15) is 5.82 Å². The molecule has 0 atom stereocenters. The highest BCUT2D eigenvalue weighted by molar-refractivity contribution is 8.13. The molecule has 3 aromatic carbocycles. The molecule has 1 aliphatic carbocycles. The van der Waals surface area contributed by atoms with Crippen molar-refractivity contribution in [3.05, 3.63) is 88.7 Å². The average molecular weight is 640 g/mol. The first-order valence-corrected chi connectivity index (χ1v) is 17.5. The average Bonchev–Trinajstić information content (AvgIpc) is 3.70. The molecule has 1 saturated carbocycles. The van der Waals surface area contributed by atoms with E-state index < -0.39 is 5.97 Å². The maximum absolute atomic E-state index is 14.1. The van der Waals surface area contributed by atoms with Crippen LogP contribution in [0.1, 0.15) is 97.0 Å². The highest BCUT2D eigenvalue weighted by Crippen LogP contribution is 2.31. The number of rotatable bonds is 13. The number of aromatic carboxylic acids is 1. The van der Waals surface area contributed by atoms with Crippen LogP contribution in [0, 0.1) is 18.8 Å². The number of carbonyl (C=O) groups excluding carboxylic acids is 2. The quantitative estimate of drug-likeness (QED) is 0.147. The maximum Gasteiger partial charge on any atom is 0.336 e. The Morgan fingerprint density at radius 2 is 1.76 bits per heavy atom. The van der Waals surface area contributed by atoms with E-state index in [-0.39, 0.29) is 22.5 Å². The number of fused-ring (bicyclic) bond motifs is 1. The molecule has 4 aromatic rings. The van der Waals surface area contributed by atoms with Gasteiger partial charge >= 0.3 is 5.97 Å². The lowest BCUT2D eigenvalue weighted by molar-refractivity contribution is -0.114. The predicted octanol–water partition coefficient (Wildman–Crippen LogP) is 8.61. The van der Waals surface area contributed by atoms with Gasteiger partial charge in [-0.1, -0.05) is 87.8 Å². The molecule has 0 bridgehead atoms. The first-order chi connectivity index (χ1) is 22.2. The number of benzene rings is 3. The summed E-state index contributed by atoms with van der Waals surface area (Å²) in [6, 6.07) is 18.9. The van der Waals surface area contributed by atoms with Crippen molar-refractivity contribution < 1.29 is 19.5 Å². The van der Waals surface area contributed by atoms with E-state index in [1.54, 1.807) is 12.1 Å². The fraction of sp³-hybridized carbons (Fsp3) is 0.421. The summed E-state index contributed by atoms with van der Waals surface area (Å²) >= 11 is 1.30. The SMILES string of the molecule is CCCc1nc2c(C)cc(C(=O)N(CCC(C)C)CSC(=O)C3CCCC3)cc2n1Cc1ccc(-c2ccccc2C(=O)O)cc1. The standard InChI is InChI=1S/C38H45N3O4S/c1-5-10-34-39-35-26(4)21-30(36(42)40(20-19-25(2)3)24-46-38(45)29-11-6-7-12-29)22-33(35)41(34)23-27-15-17-28(18-16-27)31-13-8-9-14-32(31)37(43)44/h8-9,13-18,21-22,25,29H,5-7,10-12,19-20,23-24H2,1-4H3,(H,43,44). The predicted molar refractivity (Wildman–Crippen MR) is 186 cm³/mol. The third kappa shape index (κ3) is 7.72. The topological polar surface area (TPSA) is 92.5 Å². The van der Waals surface area contributed by atoms with Gasteiger partial charge in [0.25, 0.3) is 5.91 Å². The summed E-state index contributed by atoms with van der Waals surface area (Å²) in [5, 5.41) is 9.87. The van der Waals surface area contributed by atoms with Gasteiger partial charge in [0.05, 0.1) is 22.5 Å². The largest absolute Gasteiger partial charge is 0.478 e. The van der Waals surface area contributed by atoms with Gasteiger partial charge < -0.3 is 14.6 Å². The van der Waals surface area contributed by atoms with Gasteiger partial charge in [0, 0.05) is 31.0 Å². The Balaban J connectivity index is 1.44. The Morgan fingerprint density at radius 3 is 2.43 bits per heavy atom. The van der Waals surface area contributed by atoms with E-state index in [0.717, 1.165) is 78.5 Å². The van der Waals surface area contributed by atoms with Gasteiger partial charge in [-0.3, -0.25) is 9.59 Å². The number of carbonyl (C=O) groups is 3. The monoisotopic (exact) mass is 639 g/mol. The molecule has 5 rings (SSSR count). The number of nitrogens with zero attached hydrogens (tertiary/aromatic N) is 3. The number of hydrogen-bond acceptors (Lipinski definition) is 5. The number of imidazole rings is 1. The van der Waals surface area contributed by atoms with Crippen molar-refractivity contribution in [3.63, 3.8) is 0 Å². The van der Waals surface area contributed by atoms with Crippen molar-refractivity contribution in [2.24, 2.45) is 11.8 Å². The van der Waals surface area contributed by atoms with Crippen LogP contribution in [-0.2, 0) is 17.8 Å². The molecule has 242 valence electrons. The summed E-state index contributed by atoms with van der Waals surface area (Å²) in [5.74, 6) is 0.908. The van der Waals surface area contributed by atoms with Crippen LogP contribution in [0.3, 0.4) is 0 Å². The fourth-order valence-electron chi connectivity index (χ4n) is 6.29. The van der Waals surface area contributed by atoms with E-state index in [9.17, 15) is 19.5 Å². The normalized spacial score (nSPS) is 13.5. The minimum atomic E-state index is -0.948. The second-order valence-corrected chi connectivity index (χ2v) is 13.8. The number of aryl methyl sites for hydroxylation is 2. The van der Waals surface area contributed by atoms with Crippen molar-refractivity contribution in [2.45, 2.75) is 79.2 Å². The molecular formula is C38H45N3O4S. The summed E-state index contributed by atoms with van der Waals surface area (Å²) in [7, 11) is 0. The Kier molecular flexibility index (Phi) is 11.0. The third-order valence-electron chi connectivity index (χ3n) is 8.92. The van der Waals surface area contributed by atoms with Crippen LogP contribution in [0.4, 0.5) is 0 Å². The lowest BCUT2D eigenvalue weighted by Gasteiger charge is -2.24. The molecule has 8 heteroatoms. The van der Waals surface area contributed by atoms with E-state index in [0.29, 0.717) is 36.0 Å². The zero-order valence-corrected chi connectivity index (χ0v) is 28.2. The van der Waals surface area contributed by atoms with Crippen molar-refractivity contribution in [1.29, 1.82) is 0 Å². The summed E-state index contributed by atoms with van der Waals surface area (Å²) in [4.78, 5) is 45.6. The smallest absolute Gasteiger partial charge is 0.336 e. The van der Waals surface area contributed by atoms with Crippen LogP contribution in [-0.4, -0.2) is 49.0 Å². The molecule has 0 unspecified atom stereocenters. The molecule has 0 radical (unpaired) electrons. The number of aromatic nitrogens is 2. The van der Waals surface area contributed by atoms with Gasteiger partial charge in [-0.15, -0.1) is 0 Å². The Bertz CT molecular complexity index is 1700. The lowest BCUT2D eigenvalue weighted by Crippen LogP contribution is -2.33. The van der Waals surface area contributed by atoms with Gasteiger partial charge in [-0.25, -0.2) is 9.78 Å². The van der Waals surface area contributed by atoms with E-state index >= 15 is 0 Å². The summed E-state index contributed by atoms with van der Waals surface area (Å²) in [5.41, 5.74) is 6.26. The van der Waals surface area contributed by atoms with Gasteiger partial charge in [-0.05, 0) is 79.0 Å². The highest BCUT2D eigenvalue weighted by Gasteiger charge is 2.26. The molecule has 1 heterocycles. The first-order valence-electron chi connectivity index (χ1n) is 16.5. The van der Waals surface area contributed by atoms with Gasteiger partial charge in [-0.2, -0.15) is 0 Å². The number of hydrogen-bond donors (Lipinski definition) is 1. The van der Waals surface area contributed by atoms with Crippen molar-refractivity contribution in [2.75, 3.05) is 12.4 Å². The molecule has 46 heavy (non-hydrogen) atoms. The number of carboxylic acid groups (broad SMARTS) is 1. The molecule has 1 fully saturated rings. The Morgan fingerprint density at radius 1 is 1.04 bits per heavy atom. The number of carboxylic acids is 1. The fourth-order valence-corrected chi connectivity index (χ4v) is 7.29. The minimum Gasteiger partial charge on any atom is -0.478 e. The van der Waals surface area contributed by atoms with Crippen LogP contribution in [0.5, 0.6) is 0 Å². The van der Waals surface area contributed by atoms with Gasteiger partial charge in [0.2, 0.25) is 0 Å². The molecule has 1 amide bonds. The molecule has 7 nitrogen and oxygen atoms in total. The zero-order valence-electron chi connectivity index (χ0n) is 27.4. The number of amides is 1. The molecule has 0 aliphatic heterocycles. The summed E-state index contributed by atoms with van der Waals surface area (Å²) in [6.45, 7) is 9.64. The van der Waals surface area contributed by atoms with E-state index in [1.165, 1.54) is 11.8 Å². The van der Waals surface area contributed by atoms with Gasteiger partial charge in [0.15, 0.2) is 5.12 Å². The molecule has 1 aliphatic rings. The van der Waals surface area contributed by atoms with Crippen LogP contribution >= 0.6 is 11.8 Å². The second kappa shape index (κ2) is 15.1. The molecule has 0 saturated heterocycles. The maximum atomic E-state index is 14.1.